The molecule has 0 aromatic heterocycles. The Bertz CT molecular complexity index is 220. The molecule has 1 nitrogen and oxygen atoms in total. The molecule has 2 fully saturated rings. The molecule has 0 spiro atoms. The molecule has 0 heterocycles. The van der Waals surface area contributed by atoms with Gasteiger partial charge in [0.1, 0.15) is 0 Å². The van der Waals surface area contributed by atoms with Gasteiger partial charge in [-0.15, -0.1) is 0 Å². The van der Waals surface area contributed by atoms with E-state index in [1.54, 1.807) is 0 Å². The fourth-order valence-electron chi connectivity index (χ4n) is 3.58. The molecule has 0 radical (unpaired) electrons. The minimum Gasteiger partial charge on any atom is -0.311 e. The van der Waals surface area contributed by atoms with Crippen LogP contribution in [-0.4, -0.2) is 12.1 Å². The third-order valence-corrected chi connectivity index (χ3v) is 4.93. The normalized spacial score (nSPS) is 31.8. The van der Waals surface area contributed by atoms with Crippen LogP contribution in [0.5, 0.6) is 0 Å². The fourth-order valence-corrected chi connectivity index (χ4v) is 3.58. The molecule has 3 unspecified atom stereocenters. The van der Waals surface area contributed by atoms with Crippen LogP contribution in [0.4, 0.5) is 0 Å². The van der Waals surface area contributed by atoms with Crippen molar-refractivity contribution in [1.82, 2.24) is 5.32 Å². The van der Waals surface area contributed by atoms with Crippen LogP contribution in [0.15, 0.2) is 0 Å². The highest BCUT2D eigenvalue weighted by atomic mass is 15.0. The number of hydrogen-bond acceptors (Lipinski definition) is 1. The number of hydrogen-bond donors (Lipinski definition) is 1. The van der Waals surface area contributed by atoms with E-state index in [1.807, 2.05) is 0 Å². The molecule has 0 aromatic rings. The highest BCUT2D eigenvalue weighted by molar-refractivity contribution is 4.87. The Morgan fingerprint density at radius 2 is 1.76 bits per heavy atom. The van der Waals surface area contributed by atoms with Crippen LogP contribution in [0.3, 0.4) is 0 Å². The molecule has 0 amide bonds. The van der Waals surface area contributed by atoms with Gasteiger partial charge in [-0.3, -0.25) is 0 Å². The lowest BCUT2D eigenvalue weighted by atomic mass is 9.77. The summed E-state index contributed by atoms with van der Waals surface area (Å²) in [4.78, 5) is 0. The van der Waals surface area contributed by atoms with Crippen molar-refractivity contribution in [1.29, 1.82) is 0 Å². The highest BCUT2D eigenvalue weighted by Crippen LogP contribution is 2.35. The van der Waals surface area contributed by atoms with Gasteiger partial charge in [0.2, 0.25) is 0 Å². The van der Waals surface area contributed by atoms with Crippen molar-refractivity contribution < 1.29 is 0 Å². The lowest BCUT2D eigenvalue weighted by Crippen LogP contribution is -2.46. The largest absolute Gasteiger partial charge is 0.311 e. The van der Waals surface area contributed by atoms with E-state index in [-0.39, 0.29) is 0 Å². The average molecular weight is 237 g/mol. The van der Waals surface area contributed by atoms with E-state index in [4.69, 9.17) is 0 Å². The summed E-state index contributed by atoms with van der Waals surface area (Å²) in [5.41, 5.74) is 0. The molecule has 2 saturated carbocycles. The molecule has 3 atom stereocenters. The minimum atomic E-state index is 0.798. The van der Waals surface area contributed by atoms with Crippen LogP contribution in [0.1, 0.15) is 72.1 Å². The van der Waals surface area contributed by atoms with Gasteiger partial charge in [0.15, 0.2) is 0 Å². The van der Waals surface area contributed by atoms with Crippen molar-refractivity contribution in [3.8, 4) is 0 Å². The Morgan fingerprint density at radius 3 is 2.35 bits per heavy atom. The molecule has 0 saturated heterocycles. The molecule has 1 N–H and O–H groups in total. The summed E-state index contributed by atoms with van der Waals surface area (Å²) in [6.07, 6.45) is 11.5. The smallest absolute Gasteiger partial charge is 0.0100 e. The quantitative estimate of drug-likeness (QED) is 0.723. The van der Waals surface area contributed by atoms with E-state index in [0.29, 0.717) is 0 Å². The van der Waals surface area contributed by atoms with Crippen molar-refractivity contribution in [2.24, 2.45) is 17.8 Å². The maximum absolute atomic E-state index is 4.01. The van der Waals surface area contributed by atoms with Crippen LogP contribution in [0, 0.1) is 17.8 Å². The Labute approximate surface area is 108 Å². The van der Waals surface area contributed by atoms with Crippen molar-refractivity contribution in [2.45, 2.75) is 84.2 Å². The molecule has 2 aliphatic rings. The maximum Gasteiger partial charge on any atom is 0.0100 e. The summed E-state index contributed by atoms with van der Waals surface area (Å²) < 4.78 is 0. The summed E-state index contributed by atoms with van der Waals surface area (Å²) in [6.45, 7) is 7.17. The standard InChI is InChI=1S/C16H31N/c1-4-14(11-13-9-10-13)17-16-8-6-5-7-15(16)12(2)3/h12-17H,4-11H2,1-3H3. The maximum atomic E-state index is 4.01. The highest BCUT2D eigenvalue weighted by Gasteiger charge is 2.31. The SMILES string of the molecule is CCC(CC1CC1)NC1CCCCC1C(C)C. The van der Waals surface area contributed by atoms with Gasteiger partial charge < -0.3 is 5.32 Å². The minimum absolute atomic E-state index is 0.798. The van der Waals surface area contributed by atoms with E-state index in [9.17, 15) is 0 Å². The summed E-state index contributed by atoms with van der Waals surface area (Å²) in [5.74, 6) is 2.84. The van der Waals surface area contributed by atoms with Gasteiger partial charge in [0.05, 0.1) is 0 Å². The third-order valence-electron chi connectivity index (χ3n) is 4.93. The first-order valence-corrected chi connectivity index (χ1v) is 7.96. The molecule has 0 aromatic carbocycles. The van der Waals surface area contributed by atoms with Crippen molar-refractivity contribution in [3.05, 3.63) is 0 Å². The zero-order valence-electron chi connectivity index (χ0n) is 12.0. The molecule has 2 aliphatic carbocycles. The lowest BCUT2D eigenvalue weighted by Gasteiger charge is -2.37. The molecule has 2 rings (SSSR count). The molecule has 0 bridgehead atoms. The summed E-state index contributed by atoms with van der Waals surface area (Å²) in [5, 5.41) is 4.01. The van der Waals surface area contributed by atoms with Crippen molar-refractivity contribution in [2.75, 3.05) is 0 Å². The van der Waals surface area contributed by atoms with Gasteiger partial charge in [-0.1, -0.05) is 46.5 Å². The van der Waals surface area contributed by atoms with Crippen molar-refractivity contribution >= 4 is 0 Å². The molecule has 0 aliphatic heterocycles. The van der Waals surface area contributed by atoms with Crippen LogP contribution >= 0.6 is 0 Å². The van der Waals surface area contributed by atoms with Crippen LogP contribution in [0.25, 0.3) is 0 Å². The van der Waals surface area contributed by atoms with E-state index in [1.165, 1.54) is 51.4 Å². The monoisotopic (exact) mass is 237 g/mol. The zero-order valence-corrected chi connectivity index (χ0v) is 12.0. The second-order valence-corrected chi connectivity index (χ2v) is 6.75. The summed E-state index contributed by atoms with van der Waals surface area (Å²) >= 11 is 0. The van der Waals surface area contributed by atoms with Gasteiger partial charge >= 0.3 is 0 Å². The van der Waals surface area contributed by atoms with Gasteiger partial charge in [-0.2, -0.15) is 0 Å². The van der Waals surface area contributed by atoms with Gasteiger partial charge in [-0.05, 0) is 43.4 Å². The first kappa shape index (κ1) is 13.4. The Balaban J connectivity index is 1.84. The van der Waals surface area contributed by atoms with Gasteiger partial charge in [-0.25, -0.2) is 0 Å². The topological polar surface area (TPSA) is 12.0 Å². The van der Waals surface area contributed by atoms with Crippen molar-refractivity contribution in [3.63, 3.8) is 0 Å². The Hall–Kier alpha value is -0.0400. The predicted molar refractivity (Wildman–Crippen MR) is 75.1 cm³/mol. The second kappa shape index (κ2) is 6.22. The molecule has 1 heteroatoms. The van der Waals surface area contributed by atoms with E-state index >= 15 is 0 Å². The molecular weight excluding hydrogens is 206 g/mol. The van der Waals surface area contributed by atoms with E-state index in [0.717, 1.165) is 29.8 Å². The fraction of sp³-hybridized carbons (Fsp3) is 1.00. The molecule has 17 heavy (non-hydrogen) atoms. The Kier molecular flexibility index (Phi) is 4.90. The Morgan fingerprint density at radius 1 is 1.06 bits per heavy atom. The van der Waals surface area contributed by atoms with Gasteiger partial charge in [0.25, 0.3) is 0 Å². The summed E-state index contributed by atoms with van der Waals surface area (Å²) in [7, 11) is 0. The molecular formula is C16H31N. The second-order valence-electron chi connectivity index (χ2n) is 6.75. The average Bonchev–Trinajstić information content (AvgIpc) is 3.12. The first-order valence-electron chi connectivity index (χ1n) is 7.96. The van der Waals surface area contributed by atoms with E-state index < -0.39 is 0 Å². The van der Waals surface area contributed by atoms with E-state index in [2.05, 4.69) is 26.1 Å². The van der Waals surface area contributed by atoms with Crippen LogP contribution in [0.2, 0.25) is 0 Å². The van der Waals surface area contributed by atoms with Crippen LogP contribution < -0.4 is 5.32 Å². The lowest BCUT2D eigenvalue weighted by molar-refractivity contribution is 0.186. The number of rotatable bonds is 6. The molecule has 100 valence electrons. The predicted octanol–water partition coefficient (Wildman–Crippen LogP) is 4.37. The van der Waals surface area contributed by atoms with Crippen LogP contribution in [-0.2, 0) is 0 Å². The number of nitrogens with one attached hydrogen (secondary N) is 1. The first-order chi connectivity index (χ1) is 8.20. The third kappa shape index (κ3) is 3.98. The van der Waals surface area contributed by atoms with Gasteiger partial charge in [0, 0.05) is 12.1 Å². The zero-order chi connectivity index (χ0) is 12.3. The summed E-state index contributed by atoms with van der Waals surface area (Å²) in [6, 6.07) is 1.61.